The van der Waals surface area contributed by atoms with E-state index in [4.69, 9.17) is 16.7 Å². The molecule has 0 aromatic rings. The molecule has 11 heavy (non-hydrogen) atoms. The molecule has 1 amide bonds. The summed E-state index contributed by atoms with van der Waals surface area (Å²) >= 11 is 5.70. The van der Waals surface area contributed by atoms with Crippen LogP contribution in [0.15, 0.2) is 0 Å². The van der Waals surface area contributed by atoms with Crippen LogP contribution < -0.4 is 5.32 Å². The SMILES string of the molecule is O=C(O)NCC(=O)C1(Cl)CC1. The number of carbonyl (C=O) groups excluding carboxylic acids is 1. The third-order valence-corrected chi connectivity index (χ3v) is 2.18. The summed E-state index contributed by atoms with van der Waals surface area (Å²) in [6.07, 6.45) is 0.128. The average Bonchev–Trinajstić information content (AvgIpc) is 2.64. The van der Waals surface area contributed by atoms with Gasteiger partial charge in [0.25, 0.3) is 0 Å². The van der Waals surface area contributed by atoms with E-state index in [1.54, 1.807) is 0 Å². The first kappa shape index (κ1) is 8.33. The van der Waals surface area contributed by atoms with Crippen LogP contribution in [0.3, 0.4) is 0 Å². The zero-order valence-corrected chi connectivity index (χ0v) is 6.52. The molecule has 0 spiro atoms. The number of alkyl halides is 1. The van der Waals surface area contributed by atoms with E-state index in [9.17, 15) is 9.59 Å². The van der Waals surface area contributed by atoms with Crippen molar-refractivity contribution in [2.75, 3.05) is 6.54 Å². The van der Waals surface area contributed by atoms with Crippen molar-refractivity contribution in [1.29, 1.82) is 0 Å². The first-order chi connectivity index (χ1) is 5.04. The number of ketones is 1. The Bertz CT molecular complexity index is 200. The molecule has 1 aliphatic rings. The Kier molecular flexibility index (Phi) is 2.04. The van der Waals surface area contributed by atoms with Crippen LogP contribution in [0.1, 0.15) is 12.8 Å². The number of rotatable bonds is 3. The minimum absolute atomic E-state index is 0.182. The molecule has 0 atom stereocenters. The van der Waals surface area contributed by atoms with Crippen molar-refractivity contribution in [3.63, 3.8) is 0 Å². The van der Waals surface area contributed by atoms with Crippen molar-refractivity contribution >= 4 is 23.5 Å². The van der Waals surface area contributed by atoms with Gasteiger partial charge in [0.15, 0.2) is 5.78 Å². The number of halogens is 1. The highest BCUT2D eigenvalue weighted by molar-refractivity contribution is 6.37. The van der Waals surface area contributed by atoms with E-state index < -0.39 is 11.0 Å². The summed E-state index contributed by atoms with van der Waals surface area (Å²) in [7, 11) is 0. The van der Waals surface area contributed by atoms with E-state index in [0.717, 1.165) is 0 Å². The number of hydrogen-bond acceptors (Lipinski definition) is 2. The Morgan fingerprint density at radius 2 is 2.09 bits per heavy atom. The molecular formula is C6H8ClNO3. The fourth-order valence-corrected chi connectivity index (χ4v) is 0.864. The number of carboxylic acid groups (broad SMARTS) is 1. The number of nitrogens with one attached hydrogen (secondary N) is 1. The van der Waals surface area contributed by atoms with Crippen LogP contribution in [0.2, 0.25) is 0 Å². The lowest BCUT2D eigenvalue weighted by atomic mass is 10.2. The molecule has 0 aromatic carbocycles. The smallest absolute Gasteiger partial charge is 0.405 e. The molecule has 4 nitrogen and oxygen atoms in total. The lowest BCUT2D eigenvalue weighted by Crippen LogP contribution is -2.33. The van der Waals surface area contributed by atoms with Gasteiger partial charge in [0.2, 0.25) is 0 Å². The van der Waals surface area contributed by atoms with Crippen molar-refractivity contribution in [1.82, 2.24) is 5.32 Å². The molecule has 0 aromatic heterocycles. The normalized spacial score (nSPS) is 19.0. The minimum atomic E-state index is -1.20. The van der Waals surface area contributed by atoms with Crippen LogP contribution in [-0.2, 0) is 4.79 Å². The molecule has 0 unspecified atom stereocenters. The molecule has 1 fully saturated rings. The molecule has 62 valence electrons. The zero-order valence-electron chi connectivity index (χ0n) is 5.76. The lowest BCUT2D eigenvalue weighted by Gasteiger charge is -2.03. The maximum atomic E-state index is 11.0. The molecular weight excluding hydrogens is 170 g/mol. The highest BCUT2D eigenvalue weighted by Gasteiger charge is 2.47. The third-order valence-electron chi connectivity index (χ3n) is 1.59. The number of Topliss-reactive ketones (excluding diaryl/α,β-unsaturated/α-hetero) is 1. The van der Waals surface area contributed by atoms with Gasteiger partial charge in [-0.05, 0) is 12.8 Å². The second kappa shape index (κ2) is 2.70. The van der Waals surface area contributed by atoms with Gasteiger partial charge in [-0.15, -0.1) is 11.6 Å². The van der Waals surface area contributed by atoms with Crippen LogP contribution in [-0.4, -0.2) is 28.4 Å². The van der Waals surface area contributed by atoms with Gasteiger partial charge >= 0.3 is 6.09 Å². The van der Waals surface area contributed by atoms with E-state index >= 15 is 0 Å². The van der Waals surface area contributed by atoms with Gasteiger partial charge in [-0.25, -0.2) is 4.79 Å². The Morgan fingerprint density at radius 3 is 2.45 bits per heavy atom. The molecule has 2 N–H and O–H groups in total. The monoisotopic (exact) mass is 177 g/mol. The van der Waals surface area contributed by atoms with Crippen LogP contribution in [0.25, 0.3) is 0 Å². The second-order valence-electron chi connectivity index (χ2n) is 2.55. The van der Waals surface area contributed by atoms with Gasteiger partial charge in [-0.1, -0.05) is 0 Å². The van der Waals surface area contributed by atoms with Crippen molar-refractivity contribution in [2.24, 2.45) is 0 Å². The van der Waals surface area contributed by atoms with E-state index in [0.29, 0.717) is 12.8 Å². The predicted molar refractivity (Wildman–Crippen MR) is 38.9 cm³/mol. The van der Waals surface area contributed by atoms with Crippen LogP contribution in [0, 0.1) is 0 Å². The molecule has 1 rings (SSSR count). The Balaban J connectivity index is 2.27. The summed E-state index contributed by atoms with van der Waals surface area (Å²) in [4.78, 5) is 20.2. The number of amides is 1. The second-order valence-corrected chi connectivity index (χ2v) is 3.27. The third kappa shape index (κ3) is 2.08. The standard InChI is InChI=1S/C6H8ClNO3/c7-6(1-2-6)4(9)3-8-5(10)11/h8H,1-3H2,(H,10,11). The van der Waals surface area contributed by atoms with Gasteiger partial charge in [0.05, 0.1) is 6.54 Å². The first-order valence-electron chi connectivity index (χ1n) is 3.24. The Hall–Kier alpha value is -0.770. The van der Waals surface area contributed by atoms with E-state index in [1.165, 1.54) is 0 Å². The summed E-state index contributed by atoms with van der Waals surface area (Å²) in [6, 6.07) is 0. The van der Waals surface area contributed by atoms with E-state index in [1.807, 2.05) is 5.32 Å². The van der Waals surface area contributed by atoms with Gasteiger partial charge in [-0.2, -0.15) is 0 Å². The largest absolute Gasteiger partial charge is 0.465 e. The van der Waals surface area contributed by atoms with Gasteiger partial charge < -0.3 is 10.4 Å². The van der Waals surface area contributed by atoms with Crippen LogP contribution in [0.4, 0.5) is 4.79 Å². The summed E-state index contributed by atoms with van der Waals surface area (Å²) in [6.45, 7) is -0.182. The Morgan fingerprint density at radius 1 is 1.55 bits per heavy atom. The van der Waals surface area contributed by atoms with Gasteiger partial charge in [0, 0.05) is 0 Å². The van der Waals surface area contributed by atoms with Crippen LogP contribution in [0.5, 0.6) is 0 Å². The maximum absolute atomic E-state index is 11.0. The quantitative estimate of drug-likeness (QED) is 0.621. The summed E-state index contributed by atoms with van der Waals surface area (Å²) in [5.41, 5.74) is 0. The number of carbonyl (C=O) groups is 2. The molecule has 0 heterocycles. The van der Waals surface area contributed by atoms with Crippen molar-refractivity contribution in [3.8, 4) is 0 Å². The molecule has 0 bridgehead atoms. The molecule has 5 heteroatoms. The molecule has 1 saturated carbocycles. The Labute approximate surface area is 68.5 Å². The van der Waals surface area contributed by atoms with Crippen molar-refractivity contribution in [2.45, 2.75) is 17.7 Å². The predicted octanol–water partition coefficient (Wildman–Crippen LogP) is 0.594. The van der Waals surface area contributed by atoms with Crippen molar-refractivity contribution < 1.29 is 14.7 Å². The van der Waals surface area contributed by atoms with Gasteiger partial charge in [-0.3, -0.25) is 4.79 Å². The minimum Gasteiger partial charge on any atom is -0.465 e. The molecule has 0 aliphatic heterocycles. The first-order valence-corrected chi connectivity index (χ1v) is 3.61. The average molecular weight is 178 g/mol. The number of hydrogen-bond donors (Lipinski definition) is 2. The highest BCUT2D eigenvalue weighted by atomic mass is 35.5. The van der Waals surface area contributed by atoms with Gasteiger partial charge in [0.1, 0.15) is 4.87 Å². The van der Waals surface area contributed by atoms with E-state index in [2.05, 4.69) is 0 Å². The molecule has 0 radical (unpaired) electrons. The van der Waals surface area contributed by atoms with E-state index in [-0.39, 0.29) is 12.3 Å². The molecule has 1 aliphatic carbocycles. The van der Waals surface area contributed by atoms with Crippen LogP contribution >= 0.6 is 11.6 Å². The summed E-state index contributed by atoms with van der Waals surface area (Å²) in [5, 5.41) is 10.1. The lowest BCUT2D eigenvalue weighted by molar-refractivity contribution is -0.118. The topological polar surface area (TPSA) is 66.4 Å². The van der Waals surface area contributed by atoms with Crippen molar-refractivity contribution in [3.05, 3.63) is 0 Å². The molecule has 0 saturated heterocycles. The summed E-state index contributed by atoms with van der Waals surface area (Å²) < 4.78 is 0. The fraction of sp³-hybridized carbons (Fsp3) is 0.667. The zero-order chi connectivity index (χ0) is 8.48. The summed E-state index contributed by atoms with van der Waals surface area (Å²) in [5.74, 6) is -0.235. The maximum Gasteiger partial charge on any atom is 0.405 e. The fourth-order valence-electron chi connectivity index (χ4n) is 0.703. The highest BCUT2D eigenvalue weighted by Crippen LogP contribution is 2.42.